The Labute approximate surface area is 164 Å². The number of rotatable bonds is 7. The zero-order chi connectivity index (χ0) is 17.7. The fourth-order valence-corrected chi connectivity index (χ4v) is 2.71. The topological polar surface area (TPSA) is 39.7 Å². The summed E-state index contributed by atoms with van der Waals surface area (Å²) in [4.78, 5) is 0. The lowest BCUT2D eigenvalue weighted by Gasteiger charge is -2.17. The largest absolute Gasteiger partial charge is 0.493 e. The molecule has 138 valence electrons. The van der Waals surface area contributed by atoms with E-state index in [0.29, 0.717) is 33.8 Å². The van der Waals surface area contributed by atoms with E-state index in [1.807, 2.05) is 24.3 Å². The molecule has 0 heterocycles. The van der Waals surface area contributed by atoms with Crippen LogP contribution in [0.4, 0.5) is 0 Å². The van der Waals surface area contributed by atoms with Crippen LogP contribution in [-0.4, -0.2) is 21.3 Å². The van der Waals surface area contributed by atoms with E-state index in [0.717, 1.165) is 11.1 Å². The van der Waals surface area contributed by atoms with Crippen molar-refractivity contribution < 1.29 is 14.2 Å². The van der Waals surface area contributed by atoms with E-state index in [2.05, 4.69) is 12.2 Å². The Bertz CT molecular complexity index is 685. The molecule has 0 saturated carbocycles. The zero-order valence-electron chi connectivity index (χ0n) is 14.6. The van der Waals surface area contributed by atoms with Crippen molar-refractivity contribution in [3.8, 4) is 17.2 Å². The van der Waals surface area contributed by atoms with E-state index in [1.165, 1.54) is 0 Å². The van der Waals surface area contributed by atoms with Crippen LogP contribution in [0.25, 0.3) is 0 Å². The Morgan fingerprint density at radius 2 is 1.52 bits per heavy atom. The highest BCUT2D eigenvalue weighted by molar-refractivity contribution is 6.42. The van der Waals surface area contributed by atoms with Crippen LogP contribution >= 0.6 is 35.6 Å². The van der Waals surface area contributed by atoms with Crippen LogP contribution < -0.4 is 19.5 Å². The fourth-order valence-electron chi connectivity index (χ4n) is 2.41. The van der Waals surface area contributed by atoms with Crippen molar-refractivity contribution in [2.24, 2.45) is 0 Å². The third-order valence-corrected chi connectivity index (χ3v) is 4.52. The molecule has 0 bridgehead atoms. The van der Waals surface area contributed by atoms with Crippen LogP contribution in [0.15, 0.2) is 30.3 Å². The molecule has 2 rings (SSSR count). The number of halogens is 3. The maximum atomic E-state index is 6.08. The molecule has 0 aliphatic rings. The van der Waals surface area contributed by atoms with Crippen LogP contribution in [0, 0.1) is 0 Å². The average Bonchev–Trinajstić information content (AvgIpc) is 2.60. The molecule has 7 heteroatoms. The molecule has 0 aromatic heterocycles. The van der Waals surface area contributed by atoms with Crippen molar-refractivity contribution in [3.05, 3.63) is 51.5 Å². The van der Waals surface area contributed by atoms with Gasteiger partial charge in [0.15, 0.2) is 11.5 Å². The monoisotopic (exact) mass is 405 g/mol. The number of hydrogen-bond acceptors (Lipinski definition) is 4. The van der Waals surface area contributed by atoms with E-state index < -0.39 is 0 Å². The van der Waals surface area contributed by atoms with Gasteiger partial charge in [0, 0.05) is 12.6 Å². The van der Waals surface area contributed by atoms with Gasteiger partial charge in [0.2, 0.25) is 5.75 Å². The van der Waals surface area contributed by atoms with E-state index >= 15 is 0 Å². The Kier molecular flexibility index (Phi) is 8.66. The molecule has 0 aliphatic heterocycles. The second-order valence-corrected chi connectivity index (χ2v) is 6.12. The van der Waals surface area contributed by atoms with Gasteiger partial charge in [-0.15, -0.1) is 12.4 Å². The van der Waals surface area contributed by atoms with Crippen LogP contribution in [-0.2, 0) is 6.54 Å². The Morgan fingerprint density at radius 3 is 2.00 bits per heavy atom. The van der Waals surface area contributed by atoms with E-state index in [1.54, 1.807) is 27.4 Å². The Morgan fingerprint density at radius 1 is 0.920 bits per heavy atom. The second-order valence-electron chi connectivity index (χ2n) is 5.31. The van der Waals surface area contributed by atoms with Crippen LogP contribution in [0.1, 0.15) is 24.1 Å². The highest BCUT2D eigenvalue weighted by Gasteiger charge is 2.14. The third-order valence-electron chi connectivity index (χ3n) is 3.78. The predicted molar refractivity (Wildman–Crippen MR) is 105 cm³/mol. The van der Waals surface area contributed by atoms with Crippen molar-refractivity contribution in [1.82, 2.24) is 5.32 Å². The number of nitrogens with one attached hydrogen (secondary N) is 1. The first-order valence-electron chi connectivity index (χ1n) is 7.47. The summed E-state index contributed by atoms with van der Waals surface area (Å²) in [7, 11) is 4.80. The van der Waals surface area contributed by atoms with Gasteiger partial charge in [-0.2, -0.15) is 0 Å². The number of methoxy groups -OCH3 is 3. The van der Waals surface area contributed by atoms with Gasteiger partial charge in [0.05, 0.1) is 31.4 Å². The molecule has 4 nitrogen and oxygen atoms in total. The van der Waals surface area contributed by atoms with E-state index in [9.17, 15) is 0 Å². The van der Waals surface area contributed by atoms with Gasteiger partial charge in [0.25, 0.3) is 0 Å². The summed E-state index contributed by atoms with van der Waals surface area (Å²) in [5.41, 5.74) is 2.09. The maximum absolute atomic E-state index is 6.08. The van der Waals surface area contributed by atoms with Gasteiger partial charge < -0.3 is 19.5 Å². The molecule has 1 atom stereocenters. The van der Waals surface area contributed by atoms with Gasteiger partial charge in [-0.25, -0.2) is 0 Å². The maximum Gasteiger partial charge on any atom is 0.203 e. The average molecular weight is 407 g/mol. The first kappa shape index (κ1) is 21.7. The van der Waals surface area contributed by atoms with Gasteiger partial charge in [-0.05, 0) is 42.3 Å². The van der Waals surface area contributed by atoms with E-state index in [4.69, 9.17) is 37.4 Å². The first-order chi connectivity index (χ1) is 11.5. The van der Waals surface area contributed by atoms with Crippen molar-refractivity contribution in [3.63, 3.8) is 0 Å². The summed E-state index contributed by atoms with van der Waals surface area (Å²) in [5, 5.41) is 4.55. The quantitative estimate of drug-likeness (QED) is 0.678. The fraction of sp³-hybridized carbons (Fsp3) is 0.333. The number of ether oxygens (including phenoxy) is 3. The minimum absolute atomic E-state index is 0. The lowest BCUT2D eigenvalue weighted by atomic mass is 10.1. The molecule has 0 spiro atoms. The Balaban J connectivity index is 0.00000312. The van der Waals surface area contributed by atoms with Gasteiger partial charge in [0.1, 0.15) is 0 Å². The summed E-state index contributed by atoms with van der Waals surface area (Å²) in [6.07, 6.45) is 0. The predicted octanol–water partition coefficient (Wildman–Crippen LogP) is 5.29. The molecular formula is C18H22Cl3NO3. The van der Waals surface area contributed by atoms with Gasteiger partial charge >= 0.3 is 0 Å². The Hall–Kier alpha value is -1.33. The summed E-state index contributed by atoms with van der Waals surface area (Å²) in [6.45, 7) is 2.70. The first-order valence-corrected chi connectivity index (χ1v) is 8.23. The molecule has 0 amide bonds. The van der Waals surface area contributed by atoms with Crippen molar-refractivity contribution in [2.75, 3.05) is 21.3 Å². The molecule has 0 radical (unpaired) electrons. The molecular weight excluding hydrogens is 385 g/mol. The molecule has 0 fully saturated rings. The standard InChI is InChI=1S/C18H21Cl2NO3.ClH/c1-11(13-5-6-14(19)15(20)9-13)21-10-12-7-16(22-2)18(24-4)17(8-12)23-3;/h5-9,11,21H,10H2,1-4H3;1H. The molecule has 2 aromatic rings. The second kappa shape index (κ2) is 9.97. The lowest BCUT2D eigenvalue weighted by molar-refractivity contribution is 0.323. The lowest BCUT2D eigenvalue weighted by Crippen LogP contribution is -2.18. The smallest absolute Gasteiger partial charge is 0.203 e. The number of hydrogen-bond donors (Lipinski definition) is 1. The molecule has 2 aromatic carbocycles. The summed E-state index contributed by atoms with van der Waals surface area (Å²) < 4.78 is 16.1. The molecule has 25 heavy (non-hydrogen) atoms. The third kappa shape index (κ3) is 5.32. The SMILES string of the molecule is COc1cc(CNC(C)c2ccc(Cl)c(Cl)c2)cc(OC)c1OC.Cl. The molecule has 1 N–H and O–H groups in total. The summed E-state index contributed by atoms with van der Waals surface area (Å²) in [5.74, 6) is 1.85. The van der Waals surface area contributed by atoms with Gasteiger partial charge in [-0.1, -0.05) is 29.3 Å². The normalized spacial score (nSPS) is 11.4. The van der Waals surface area contributed by atoms with Crippen LogP contribution in [0.5, 0.6) is 17.2 Å². The highest BCUT2D eigenvalue weighted by Crippen LogP contribution is 2.38. The molecule has 1 unspecified atom stereocenters. The minimum Gasteiger partial charge on any atom is -0.493 e. The number of benzene rings is 2. The van der Waals surface area contributed by atoms with Gasteiger partial charge in [-0.3, -0.25) is 0 Å². The highest BCUT2D eigenvalue weighted by atomic mass is 35.5. The summed E-state index contributed by atoms with van der Waals surface area (Å²) >= 11 is 12.0. The zero-order valence-corrected chi connectivity index (χ0v) is 16.9. The van der Waals surface area contributed by atoms with Crippen molar-refractivity contribution >= 4 is 35.6 Å². The van der Waals surface area contributed by atoms with Crippen molar-refractivity contribution in [2.45, 2.75) is 19.5 Å². The van der Waals surface area contributed by atoms with Crippen LogP contribution in [0.3, 0.4) is 0 Å². The molecule has 0 saturated heterocycles. The van der Waals surface area contributed by atoms with Crippen molar-refractivity contribution in [1.29, 1.82) is 0 Å². The van der Waals surface area contributed by atoms with Crippen LogP contribution in [0.2, 0.25) is 10.0 Å². The minimum atomic E-state index is 0. The van der Waals surface area contributed by atoms with E-state index in [-0.39, 0.29) is 18.4 Å². The molecule has 0 aliphatic carbocycles. The summed E-state index contributed by atoms with van der Waals surface area (Å²) in [6, 6.07) is 9.60.